The highest BCUT2D eigenvalue weighted by atomic mass is 32.2. The predicted octanol–water partition coefficient (Wildman–Crippen LogP) is 1.78. The molecule has 0 radical (unpaired) electrons. The number of carbonyl (C=O) groups is 1. The van der Waals surface area contributed by atoms with Crippen molar-refractivity contribution in [3.63, 3.8) is 0 Å². The first-order valence-electron chi connectivity index (χ1n) is 7.53. The summed E-state index contributed by atoms with van der Waals surface area (Å²) in [6.07, 6.45) is 0.240. The summed E-state index contributed by atoms with van der Waals surface area (Å²) in [6, 6.07) is 10.5. The van der Waals surface area contributed by atoms with Crippen LogP contribution in [-0.2, 0) is 21.2 Å². The van der Waals surface area contributed by atoms with Gasteiger partial charge in [-0.1, -0.05) is 18.2 Å². The van der Waals surface area contributed by atoms with E-state index >= 15 is 0 Å². The molecule has 6 nitrogen and oxygen atoms in total. The summed E-state index contributed by atoms with van der Waals surface area (Å²) in [7, 11) is -3.48. The van der Waals surface area contributed by atoms with Crippen LogP contribution in [0.2, 0.25) is 0 Å². The highest BCUT2D eigenvalue weighted by molar-refractivity contribution is 7.91. The molecule has 8 heteroatoms. The van der Waals surface area contributed by atoms with Crippen LogP contribution in [0.15, 0.2) is 46.0 Å². The van der Waals surface area contributed by atoms with Gasteiger partial charge in [0.25, 0.3) is 0 Å². The average Bonchev–Trinajstić information content (AvgIpc) is 3.09. The van der Waals surface area contributed by atoms with Crippen molar-refractivity contribution < 1.29 is 17.9 Å². The van der Waals surface area contributed by atoms with E-state index in [9.17, 15) is 13.2 Å². The van der Waals surface area contributed by atoms with Gasteiger partial charge in [-0.2, -0.15) is 0 Å². The number of hydrogen-bond acceptors (Lipinski definition) is 5. The Morgan fingerprint density at radius 1 is 1.17 bits per heavy atom. The van der Waals surface area contributed by atoms with Gasteiger partial charge in [-0.25, -0.2) is 13.1 Å². The van der Waals surface area contributed by atoms with Crippen LogP contribution in [0, 0.1) is 0 Å². The van der Waals surface area contributed by atoms with Crippen molar-refractivity contribution >= 4 is 27.3 Å². The molecule has 2 rings (SSSR count). The lowest BCUT2D eigenvalue weighted by molar-refractivity contribution is -0.120. The van der Waals surface area contributed by atoms with Gasteiger partial charge in [0.15, 0.2) is 0 Å². The molecule has 0 bridgehead atoms. The van der Waals surface area contributed by atoms with Crippen LogP contribution in [0.25, 0.3) is 0 Å². The predicted molar refractivity (Wildman–Crippen MR) is 93.8 cm³/mol. The zero-order chi connectivity index (χ0) is 17.4. The van der Waals surface area contributed by atoms with Gasteiger partial charge in [-0.15, -0.1) is 11.3 Å². The van der Waals surface area contributed by atoms with E-state index in [4.69, 9.17) is 4.74 Å². The largest absolute Gasteiger partial charge is 0.494 e. The van der Waals surface area contributed by atoms with E-state index < -0.39 is 10.0 Å². The molecule has 24 heavy (non-hydrogen) atoms. The second-order valence-corrected chi connectivity index (χ2v) is 7.88. The molecule has 0 fully saturated rings. The molecule has 0 unspecified atom stereocenters. The van der Waals surface area contributed by atoms with Crippen molar-refractivity contribution in [1.29, 1.82) is 0 Å². The molecule has 2 N–H and O–H groups in total. The van der Waals surface area contributed by atoms with Gasteiger partial charge >= 0.3 is 0 Å². The summed E-state index contributed by atoms with van der Waals surface area (Å²) in [5, 5.41) is 4.40. The number of ether oxygens (including phenoxy) is 1. The molecule has 0 spiro atoms. The van der Waals surface area contributed by atoms with E-state index in [0.29, 0.717) is 6.61 Å². The van der Waals surface area contributed by atoms with Gasteiger partial charge in [-0.05, 0) is 36.1 Å². The Morgan fingerprint density at radius 3 is 2.54 bits per heavy atom. The number of carbonyl (C=O) groups excluding carboxylic acids is 1. The normalized spacial score (nSPS) is 11.2. The molecule has 130 valence electrons. The minimum Gasteiger partial charge on any atom is -0.494 e. The number of benzene rings is 1. The lowest BCUT2D eigenvalue weighted by Gasteiger charge is -2.08. The minimum absolute atomic E-state index is 0.148. The summed E-state index contributed by atoms with van der Waals surface area (Å²) in [5.41, 5.74) is 0.870. The first-order valence-corrected chi connectivity index (χ1v) is 9.89. The standard InChI is InChI=1S/C16H20N2O4S2/c1-2-22-14-7-5-13(6-8-14)12-15(19)17-9-10-18-24(20,21)16-4-3-11-23-16/h3-8,11,18H,2,9-10,12H2,1H3,(H,17,19). The summed E-state index contributed by atoms with van der Waals surface area (Å²) in [5.74, 6) is 0.610. The average molecular weight is 368 g/mol. The van der Waals surface area contributed by atoms with Crippen LogP contribution in [0.1, 0.15) is 12.5 Å². The highest BCUT2D eigenvalue weighted by Gasteiger charge is 2.14. The Hall–Kier alpha value is -1.90. The Bertz CT molecular complexity index is 741. The van der Waals surface area contributed by atoms with Crippen LogP contribution in [0.3, 0.4) is 0 Å². The van der Waals surface area contributed by atoms with Gasteiger partial charge in [0.05, 0.1) is 13.0 Å². The maximum atomic E-state index is 11.9. The number of rotatable bonds is 9. The Labute approximate surface area is 145 Å². The van der Waals surface area contributed by atoms with Crippen molar-refractivity contribution in [3.05, 3.63) is 47.3 Å². The van der Waals surface area contributed by atoms with E-state index in [1.807, 2.05) is 31.2 Å². The molecule has 1 aromatic heterocycles. The number of sulfonamides is 1. The molecular formula is C16H20N2O4S2. The molecule has 0 saturated heterocycles. The Morgan fingerprint density at radius 2 is 1.92 bits per heavy atom. The maximum Gasteiger partial charge on any atom is 0.250 e. The van der Waals surface area contributed by atoms with Crippen LogP contribution >= 0.6 is 11.3 Å². The van der Waals surface area contributed by atoms with Crippen molar-refractivity contribution in [3.8, 4) is 5.75 Å². The van der Waals surface area contributed by atoms with E-state index in [-0.39, 0.29) is 29.6 Å². The zero-order valence-electron chi connectivity index (χ0n) is 13.3. The summed E-state index contributed by atoms with van der Waals surface area (Å²) >= 11 is 1.15. The van der Waals surface area contributed by atoms with E-state index in [1.54, 1.807) is 11.4 Å². The van der Waals surface area contributed by atoms with Crippen LogP contribution in [0.5, 0.6) is 5.75 Å². The SMILES string of the molecule is CCOc1ccc(CC(=O)NCCNS(=O)(=O)c2cccs2)cc1. The summed E-state index contributed by atoms with van der Waals surface area (Å²) < 4.78 is 31.8. The third kappa shape index (κ3) is 5.63. The molecular weight excluding hydrogens is 348 g/mol. The third-order valence-electron chi connectivity index (χ3n) is 3.10. The Balaban J connectivity index is 1.71. The van der Waals surface area contributed by atoms with Crippen LogP contribution < -0.4 is 14.8 Å². The van der Waals surface area contributed by atoms with Crippen molar-refractivity contribution in [2.45, 2.75) is 17.6 Å². The summed E-state index contributed by atoms with van der Waals surface area (Å²) in [4.78, 5) is 11.9. The number of thiophene rings is 1. The van der Waals surface area contributed by atoms with Crippen LogP contribution in [-0.4, -0.2) is 34.0 Å². The lowest BCUT2D eigenvalue weighted by Crippen LogP contribution is -2.35. The second kappa shape index (κ2) is 8.81. The van der Waals surface area contributed by atoms with Crippen LogP contribution in [0.4, 0.5) is 0 Å². The first kappa shape index (κ1) is 18.4. The fourth-order valence-corrected chi connectivity index (χ4v) is 4.06. The molecule has 1 aromatic carbocycles. The van der Waals surface area contributed by atoms with Gasteiger partial charge in [-0.3, -0.25) is 4.79 Å². The van der Waals surface area contributed by atoms with Gasteiger partial charge in [0.1, 0.15) is 9.96 Å². The molecule has 1 amide bonds. The van der Waals surface area contributed by atoms with E-state index in [0.717, 1.165) is 22.6 Å². The Kier molecular flexibility index (Phi) is 6.77. The first-order chi connectivity index (χ1) is 11.5. The fraction of sp³-hybridized carbons (Fsp3) is 0.312. The number of nitrogens with one attached hydrogen (secondary N) is 2. The molecule has 2 aromatic rings. The van der Waals surface area contributed by atoms with Crippen molar-refractivity contribution in [1.82, 2.24) is 10.0 Å². The monoisotopic (exact) mass is 368 g/mol. The summed E-state index contributed by atoms with van der Waals surface area (Å²) in [6.45, 7) is 2.89. The number of amides is 1. The third-order valence-corrected chi connectivity index (χ3v) is 5.96. The fourth-order valence-electron chi connectivity index (χ4n) is 1.99. The van der Waals surface area contributed by atoms with Gasteiger partial charge < -0.3 is 10.1 Å². The lowest BCUT2D eigenvalue weighted by atomic mass is 10.1. The maximum absolute atomic E-state index is 11.9. The molecule has 0 aliphatic carbocycles. The topological polar surface area (TPSA) is 84.5 Å². The van der Waals surface area contributed by atoms with E-state index in [1.165, 1.54) is 6.07 Å². The molecule has 0 atom stereocenters. The number of hydrogen-bond donors (Lipinski definition) is 2. The highest BCUT2D eigenvalue weighted by Crippen LogP contribution is 2.15. The minimum atomic E-state index is -3.48. The molecule has 0 saturated carbocycles. The van der Waals surface area contributed by atoms with Gasteiger partial charge in [0, 0.05) is 13.1 Å². The quantitative estimate of drug-likeness (QED) is 0.661. The second-order valence-electron chi connectivity index (χ2n) is 4.93. The smallest absolute Gasteiger partial charge is 0.250 e. The zero-order valence-corrected chi connectivity index (χ0v) is 15.0. The molecule has 1 heterocycles. The van der Waals surface area contributed by atoms with Crippen molar-refractivity contribution in [2.24, 2.45) is 0 Å². The molecule has 0 aliphatic heterocycles. The molecule has 0 aliphatic rings. The van der Waals surface area contributed by atoms with Gasteiger partial charge in [0.2, 0.25) is 15.9 Å². The van der Waals surface area contributed by atoms with E-state index in [2.05, 4.69) is 10.0 Å². The van der Waals surface area contributed by atoms with Crippen molar-refractivity contribution in [2.75, 3.05) is 19.7 Å².